The zero-order chi connectivity index (χ0) is 17.2. The Morgan fingerprint density at radius 2 is 2.00 bits per heavy atom. The Morgan fingerprint density at radius 3 is 2.67 bits per heavy atom. The minimum Gasteiger partial charge on any atom is -0.356 e. The second kappa shape index (κ2) is 10.3. The van der Waals surface area contributed by atoms with Crippen molar-refractivity contribution < 1.29 is 4.39 Å². The normalized spacial score (nSPS) is 11.5. The third-order valence-corrected chi connectivity index (χ3v) is 5.18. The minimum absolute atomic E-state index is 0.191. The molecular formula is C17H23FN4S2. The van der Waals surface area contributed by atoms with E-state index in [1.165, 1.54) is 12.1 Å². The lowest BCUT2D eigenvalue weighted by Gasteiger charge is -2.11. The number of aromatic nitrogens is 1. The lowest BCUT2D eigenvalue weighted by atomic mass is 10.3. The number of benzene rings is 1. The Kier molecular flexibility index (Phi) is 8.04. The maximum absolute atomic E-state index is 12.8. The summed E-state index contributed by atoms with van der Waals surface area (Å²) in [7, 11) is 1.77. The van der Waals surface area contributed by atoms with Gasteiger partial charge < -0.3 is 10.6 Å². The summed E-state index contributed by atoms with van der Waals surface area (Å²) in [6.45, 7) is 3.68. The van der Waals surface area contributed by atoms with Gasteiger partial charge in [-0.1, -0.05) is 0 Å². The van der Waals surface area contributed by atoms with Crippen molar-refractivity contribution in [3.63, 3.8) is 0 Å². The molecule has 0 aliphatic carbocycles. The second-order valence-corrected chi connectivity index (χ2v) is 7.42. The fourth-order valence-electron chi connectivity index (χ4n) is 2.05. The molecule has 0 aliphatic rings. The fraction of sp³-hybridized carbons (Fsp3) is 0.412. The lowest BCUT2D eigenvalue weighted by molar-refractivity contribution is 0.626. The minimum atomic E-state index is -0.191. The van der Waals surface area contributed by atoms with Gasteiger partial charge in [0.05, 0.1) is 10.7 Å². The van der Waals surface area contributed by atoms with Crippen molar-refractivity contribution in [2.75, 3.05) is 25.9 Å². The van der Waals surface area contributed by atoms with Crippen molar-refractivity contribution in [3.05, 3.63) is 46.2 Å². The summed E-state index contributed by atoms with van der Waals surface area (Å²) in [5.41, 5.74) is 1.12. The first-order valence-electron chi connectivity index (χ1n) is 7.91. The molecule has 7 heteroatoms. The number of guanidine groups is 1. The molecule has 1 aromatic heterocycles. The number of rotatable bonds is 8. The Labute approximate surface area is 151 Å². The van der Waals surface area contributed by atoms with E-state index in [0.717, 1.165) is 53.2 Å². The first-order chi connectivity index (χ1) is 11.7. The van der Waals surface area contributed by atoms with Crippen molar-refractivity contribution in [2.24, 2.45) is 4.99 Å². The van der Waals surface area contributed by atoms with Gasteiger partial charge in [-0.2, -0.15) is 0 Å². The number of hydrogen-bond acceptors (Lipinski definition) is 4. The van der Waals surface area contributed by atoms with Crippen LogP contribution in [0, 0.1) is 12.7 Å². The van der Waals surface area contributed by atoms with Gasteiger partial charge in [-0.15, -0.1) is 23.1 Å². The number of aliphatic imine (C=N–C) groups is 1. The molecule has 130 valence electrons. The van der Waals surface area contributed by atoms with Gasteiger partial charge in [-0.3, -0.25) is 4.99 Å². The SMILES string of the molecule is CN=C(NCCCSc1ccc(F)cc1)NCCc1csc(C)n1. The Hall–Kier alpha value is -1.60. The largest absolute Gasteiger partial charge is 0.356 e. The number of halogens is 1. The van der Waals surface area contributed by atoms with Crippen LogP contribution in [0.5, 0.6) is 0 Å². The van der Waals surface area contributed by atoms with Crippen LogP contribution >= 0.6 is 23.1 Å². The lowest BCUT2D eigenvalue weighted by Crippen LogP contribution is -2.38. The molecule has 2 aromatic rings. The van der Waals surface area contributed by atoms with E-state index in [0.29, 0.717) is 0 Å². The summed E-state index contributed by atoms with van der Waals surface area (Å²) >= 11 is 3.41. The molecule has 0 unspecified atom stereocenters. The van der Waals surface area contributed by atoms with Crippen LogP contribution in [-0.2, 0) is 6.42 Å². The molecule has 2 N–H and O–H groups in total. The molecule has 0 spiro atoms. The van der Waals surface area contributed by atoms with Crippen LogP contribution in [0.1, 0.15) is 17.1 Å². The number of hydrogen-bond donors (Lipinski definition) is 2. The van der Waals surface area contributed by atoms with E-state index in [1.807, 2.05) is 19.1 Å². The van der Waals surface area contributed by atoms with Gasteiger partial charge in [-0.25, -0.2) is 9.37 Å². The predicted molar refractivity (Wildman–Crippen MR) is 102 cm³/mol. The summed E-state index contributed by atoms with van der Waals surface area (Å²) in [6.07, 6.45) is 1.90. The highest BCUT2D eigenvalue weighted by atomic mass is 32.2. The Bertz CT molecular complexity index is 640. The third-order valence-electron chi connectivity index (χ3n) is 3.26. The predicted octanol–water partition coefficient (Wildman–Crippen LogP) is 3.48. The van der Waals surface area contributed by atoms with E-state index < -0.39 is 0 Å². The van der Waals surface area contributed by atoms with Crippen molar-refractivity contribution in [2.45, 2.75) is 24.7 Å². The Balaban J connectivity index is 1.57. The van der Waals surface area contributed by atoms with Gasteiger partial charge in [0.2, 0.25) is 0 Å². The van der Waals surface area contributed by atoms with E-state index in [9.17, 15) is 4.39 Å². The van der Waals surface area contributed by atoms with Crippen LogP contribution in [0.3, 0.4) is 0 Å². The van der Waals surface area contributed by atoms with Crippen molar-refractivity contribution in [1.29, 1.82) is 0 Å². The molecule has 1 heterocycles. The van der Waals surface area contributed by atoms with Crippen molar-refractivity contribution >= 4 is 29.1 Å². The molecule has 0 fully saturated rings. The molecule has 0 amide bonds. The topological polar surface area (TPSA) is 49.3 Å². The second-order valence-electron chi connectivity index (χ2n) is 5.19. The first kappa shape index (κ1) is 18.7. The number of nitrogens with one attached hydrogen (secondary N) is 2. The van der Waals surface area contributed by atoms with E-state index in [4.69, 9.17) is 0 Å². The van der Waals surface area contributed by atoms with E-state index in [1.54, 1.807) is 30.1 Å². The zero-order valence-electron chi connectivity index (χ0n) is 14.0. The zero-order valence-corrected chi connectivity index (χ0v) is 15.6. The molecule has 4 nitrogen and oxygen atoms in total. The highest BCUT2D eigenvalue weighted by molar-refractivity contribution is 7.99. The molecule has 0 radical (unpaired) electrons. The highest BCUT2D eigenvalue weighted by Gasteiger charge is 2.01. The molecular weight excluding hydrogens is 343 g/mol. The molecule has 0 atom stereocenters. The number of thioether (sulfide) groups is 1. The van der Waals surface area contributed by atoms with Gasteiger partial charge in [0, 0.05) is 36.8 Å². The van der Waals surface area contributed by atoms with Crippen LogP contribution in [-0.4, -0.2) is 36.8 Å². The van der Waals surface area contributed by atoms with Crippen LogP contribution in [0.2, 0.25) is 0 Å². The van der Waals surface area contributed by atoms with Crippen molar-refractivity contribution in [1.82, 2.24) is 15.6 Å². The van der Waals surface area contributed by atoms with Gasteiger partial charge >= 0.3 is 0 Å². The quantitative estimate of drug-likeness (QED) is 0.325. The molecule has 0 bridgehead atoms. The third kappa shape index (κ3) is 6.88. The maximum Gasteiger partial charge on any atom is 0.190 e. The van der Waals surface area contributed by atoms with Gasteiger partial charge in [0.25, 0.3) is 0 Å². The van der Waals surface area contributed by atoms with Gasteiger partial charge in [0.15, 0.2) is 5.96 Å². The molecule has 24 heavy (non-hydrogen) atoms. The van der Waals surface area contributed by atoms with Crippen LogP contribution in [0.25, 0.3) is 0 Å². The summed E-state index contributed by atoms with van der Waals surface area (Å²) in [5, 5.41) is 9.80. The highest BCUT2D eigenvalue weighted by Crippen LogP contribution is 2.18. The monoisotopic (exact) mass is 366 g/mol. The molecule has 2 rings (SSSR count). The molecule has 0 saturated heterocycles. The summed E-state index contributed by atoms with van der Waals surface area (Å²) in [5.74, 6) is 1.60. The van der Waals surface area contributed by atoms with Crippen LogP contribution in [0.4, 0.5) is 4.39 Å². The fourth-order valence-corrected chi connectivity index (χ4v) is 3.55. The smallest absolute Gasteiger partial charge is 0.190 e. The number of thiazole rings is 1. The standard InChI is InChI=1S/C17H23FN4S2/c1-13-22-15(12-24-13)8-10-21-17(19-2)20-9-3-11-23-16-6-4-14(18)5-7-16/h4-7,12H,3,8-11H2,1-2H3,(H2,19,20,21). The summed E-state index contributed by atoms with van der Waals surface area (Å²) < 4.78 is 12.8. The number of nitrogens with zero attached hydrogens (tertiary/aromatic N) is 2. The summed E-state index contributed by atoms with van der Waals surface area (Å²) in [4.78, 5) is 9.76. The van der Waals surface area contributed by atoms with Crippen LogP contribution < -0.4 is 10.6 Å². The average Bonchev–Trinajstić information content (AvgIpc) is 3.00. The average molecular weight is 367 g/mol. The van der Waals surface area contributed by atoms with Gasteiger partial charge in [-0.05, 0) is 43.4 Å². The molecule has 1 aromatic carbocycles. The van der Waals surface area contributed by atoms with E-state index in [2.05, 4.69) is 26.0 Å². The number of aryl methyl sites for hydroxylation is 1. The van der Waals surface area contributed by atoms with Gasteiger partial charge in [0.1, 0.15) is 5.82 Å². The van der Waals surface area contributed by atoms with E-state index >= 15 is 0 Å². The molecule has 0 aliphatic heterocycles. The first-order valence-corrected chi connectivity index (χ1v) is 9.78. The Morgan fingerprint density at radius 1 is 1.25 bits per heavy atom. The van der Waals surface area contributed by atoms with E-state index in [-0.39, 0.29) is 5.82 Å². The summed E-state index contributed by atoms with van der Waals surface area (Å²) in [6, 6.07) is 6.62. The van der Waals surface area contributed by atoms with Crippen molar-refractivity contribution in [3.8, 4) is 0 Å². The molecule has 0 saturated carbocycles. The maximum atomic E-state index is 12.8. The van der Waals surface area contributed by atoms with Crippen LogP contribution in [0.15, 0.2) is 39.5 Å².